The first-order chi connectivity index (χ1) is 5.20. The van der Waals surface area contributed by atoms with Crippen molar-refractivity contribution in [3.63, 3.8) is 0 Å². The molecule has 0 aliphatic carbocycles. The molecule has 0 fully saturated rings. The van der Waals surface area contributed by atoms with E-state index in [1.807, 2.05) is 0 Å². The molecule has 0 rings (SSSR count). The summed E-state index contributed by atoms with van der Waals surface area (Å²) in [5.74, 6) is 0. The number of carbonyl (C=O) groups is 3. The van der Waals surface area contributed by atoms with Gasteiger partial charge >= 0.3 is 76.3 Å². The Kier molecular flexibility index (Phi) is 138. The third kappa shape index (κ3) is 59300. The van der Waals surface area contributed by atoms with Crippen LogP contribution in [0.15, 0.2) is 0 Å². The van der Waals surface area contributed by atoms with Crippen LogP contribution in [0.2, 0.25) is 0 Å². The Labute approximate surface area is 154 Å². The number of carboxylic acid groups (broad SMARTS) is 6. The van der Waals surface area contributed by atoms with Gasteiger partial charge in [0.25, 0.3) is 0 Å². The molecule has 0 unspecified atom stereocenters. The van der Waals surface area contributed by atoms with Crippen LogP contribution < -0.4 is 30.6 Å². The molecule has 0 spiro atoms. The molecule has 2 radical (unpaired) electrons. The van der Waals surface area contributed by atoms with Gasteiger partial charge in [-0.2, -0.15) is 0 Å². The van der Waals surface area contributed by atoms with Crippen LogP contribution >= 0.6 is 0 Å². The molecule has 0 aromatic heterocycles. The van der Waals surface area contributed by atoms with Gasteiger partial charge in [-0.25, -0.2) is 0 Å². The third-order valence-corrected chi connectivity index (χ3v) is 0. The minimum atomic E-state index is -2.33. The first-order valence-electron chi connectivity index (χ1n) is 1.84. The normalized spacial score (nSPS) is 4.24. The summed E-state index contributed by atoms with van der Waals surface area (Å²) in [7, 11) is 0. The zero-order valence-electron chi connectivity index (χ0n) is 7.31. The Morgan fingerprint density at radius 2 is 0.471 bits per heavy atom. The van der Waals surface area contributed by atoms with Crippen LogP contribution in [0.5, 0.6) is 0 Å². The zero-order valence-corrected chi connectivity index (χ0v) is 11.4. The van der Waals surface area contributed by atoms with E-state index in [0.717, 1.165) is 0 Å². The summed E-state index contributed by atoms with van der Waals surface area (Å²) in [4.78, 5) is 25.0. The SMILES string of the molecule is O.O.O.O=C([O-])[O-].O=C([O-])[O-].O=C([O-])[O-].[Dy+3].[Dy+3]. The predicted octanol–water partition coefficient (Wildman–Crippen LogP) is -9.82. The van der Waals surface area contributed by atoms with Gasteiger partial charge in [-0.3, -0.25) is 0 Å². The Hall–Kier alpha value is 0.235. The van der Waals surface area contributed by atoms with Gasteiger partial charge < -0.3 is 61.5 Å². The second kappa shape index (κ2) is 44.2. The second-order valence-electron chi connectivity index (χ2n) is 0.750. The molecule has 0 aromatic carbocycles. The fourth-order valence-electron chi connectivity index (χ4n) is 0. The van der Waals surface area contributed by atoms with E-state index < -0.39 is 18.5 Å². The van der Waals surface area contributed by atoms with E-state index in [1.165, 1.54) is 0 Å². The minimum Gasteiger partial charge on any atom is -0.652 e. The molecule has 0 aliphatic rings. The van der Waals surface area contributed by atoms with Gasteiger partial charge in [-0.05, 0) is 18.5 Å². The van der Waals surface area contributed by atoms with Crippen LogP contribution in [-0.2, 0) is 0 Å². The molecule has 0 saturated carbocycles. The van der Waals surface area contributed by atoms with Crippen molar-refractivity contribution in [2.24, 2.45) is 0 Å². The Morgan fingerprint density at radius 1 is 0.471 bits per heavy atom. The van der Waals surface area contributed by atoms with E-state index >= 15 is 0 Å². The molecule has 0 saturated heterocycles. The molecule has 110 valence electrons. The van der Waals surface area contributed by atoms with Crippen LogP contribution in [0.25, 0.3) is 0 Å². The zero-order chi connectivity index (χ0) is 10.7. The van der Waals surface area contributed by atoms with Crippen molar-refractivity contribution in [3.05, 3.63) is 0 Å². The third-order valence-electron chi connectivity index (χ3n) is 0. The van der Waals surface area contributed by atoms with Gasteiger partial charge in [0.05, 0.1) is 0 Å². The van der Waals surface area contributed by atoms with Gasteiger partial charge in [0.1, 0.15) is 0 Å². The Balaban J connectivity index is -0.0000000104. The van der Waals surface area contributed by atoms with Crippen LogP contribution in [0.1, 0.15) is 0 Å². The van der Waals surface area contributed by atoms with Crippen LogP contribution in [0, 0.1) is 76.3 Å². The average Bonchev–Trinajstić information content (AvgIpc) is 1.54. The molecule has 0 atom stereocenters. The molecule has 0 heterocycles. The van der Waals surface area contributed by atoms with Crippen molar-refractivity contribution in [1.82, 2.24) is 0 Å². The first-order valence-corrected chi connectivity index (χ1v) is 1.84. The molecule has 14 heteroatoms. The Bertz CT molecular complexity index is 117. The smallest absolute Gasteiger partial charge is 0.652 e. The van der Waals surface area contributed by atoms with Gasteiger partial charge in [-0.1, -0.05) is 0 Å². The van der Waals surface area contributed by atoms with Gasteiger partial charge in [0.2, 0.25) is 0 Å². The second-order valence-corrected chi connectivity index (χ2v) is 0.750. The van der Waals surface area contributed by atoms with Gasteiger partial charge in [-0.15, -0.1) is 0 Å². The molecule has 0 bridgehead atoms. The maximum absolute atomic E-state index is 8.33. The fourth-order valence-corrected chi connectivity index (χ4v) is 0. The summed E-state index contributed by atoms with van der Waals surface area (Å²) in [5, 5.41) is 50.0. The minimum absolute atomic E-state index is 0. The number of hydrogen-bond donors (Lipinski definition) is 0. The van der Waals surface area contributed by atoms with Crippen LogP contribution in [0.3, 0.4) is 0 Å². The van der Waals surface area contributed by atoms with Crippen molar-refractivity contribution in [2.45, 2.75) is 0 Å². The fraction of sp³-hybridized carbons (Fsp3) is 0. The maximum Gasteiger partial charge on any atom is 3.00 e. The van der Waals surface area contributed by atoms with E-state index in [0.29, 0.717) is 0 Å². The van der Waals surface area contributed by atoms with Crippen molar-refractivity contribution >= 4 is 18.5 Å². The Morgan fingerprint density at radius 3 is 0.471 bits per heavy atom. The summed E-state index contributed by atoms with van der Waals surface area (Å²) in [5.41, 5.74) is 0. The summed E-state index contributed by atoms with van der Waals surface area (Å²) in [6.45, 7) is 0. The summed E-state index contributed by atoms with van der Waals surface area (Å²) < 4.78 is 0. The summed E-state index contributed by atoms with van der Waals surface area (Å²) in [6.07, 6.45) is -7.00. The van der Waals surface area contributed by atoms with E-state index in [-0.39, 0.29) is 92.8 Å². The molecular formula is C3H6Dy2O12. The van der Waals surface area contributed by atoms with Crippen molar-refractivity contribution < 1.29 is 138 Å². The van der Waals surface area contributed by atoms with E-state index in [2.05, 4.69) is 0 Å². The number of carbonyl (C=O) groups excluding carboxylic acids is 3. The van der Waals surface area contributed by atoms with E-state index in [9.17, 15) is 0 Å². The van der Waals surface area contributed by atoms with Crippen molar-refractivity contribution in [1.29, 1.82) is 0 Å². The predicted molar refractivity (Wildman–Crippen MR) is 27.0 cm³/mol. The largest absolute Gasteiger partial charge is 3.00 e. The van der Waals surface area contributed by atoms with Gasteiger partial charge in [0.15, 0.2) is 0 Å². The van der Waals surface area contributed by atoms with E-state index in [1.54, 1.807) is 0 Å². The average molecular weight is 559 g/mol. The number of rotatable bonds is 0. The van der Waals surface area contributed by atoms with Crippen molar-refractivity contribution in [2.75, 3.05) is 0 Å². The maximum atomic E-state index is 8.33. The first kappa shape index (κ1) is 53.3. The monoisotopic (exact) mass is 562 g/mol. The summed E-state index contributed by atoms with van der Waals surface area (Å²) in [6, 6.07) is 0. The van der Waals surface area contributed by atoms with Crippen molar-refractivity contribution in [3.8, 4) is 0 Å². The molecule has 17 heavy (non-hydrogen) atoms. The van der Waals surface area contributed by atoms with E-state index in [4.69, 9.17) is 45.0 Å². The van der Waals surface area contributed by atoms with Crippen LogP contribution in [0.4, 0.5) is 14.4 Å². The molecule has 12 nitrogen and oxygen atoms in total. The summed E-state index contributed by atoms with van der Waals surface area (Å²) >= 11 is 0. The topological polar surface area (TPSA) is 284 Å². The number of hydrogen-bond acceptors (Lipinski definition) is 9. The molecule has 6 N–H and O–H groups in total. The molecule has 0 aromatic rings. The quantitative estimate of drug-likeness (QED) is 0.272. The molecule has 0 amide bonds. The van der Waals surface area contributed by atoms with Crippen LogP contribution in [-0.4, -0.2) is 34.9 Å². The molecular weight excluding hydrogens is 553 g/mol. The van der Waals surface area contributed by atoms with Gasteiger partial charge in [0, 0.05) is 0 Å². The standard InChI is InChI=1S/3CH2O3.2Dy.3H2O/c3*2-1(3)4;;;;;/h3*(H2,2,3,4);;;3*1H2/q;;;2*+3;;;/p-6. The molecule has 0 aliphatic heterocycles.